The zero-order chi connectivity index (χ0) is 20.3. The molecule has 8 nitrogen and oxygen atoms in total. The molecule has 3 rings (SSSR count). The van der Waals surface area contributed by atoms with Gasteiger partial charge in [0.15, 0.2) is 0 Å². The molecule has 0 unspecified atom stereocenters. The first kappa shape index (κ1) is 19.8. The van der Waals surface area contributed by atoms with E-state index in [1.54, 1.807) is 12.1 Å². The molecule has 2 aromatic carbocycles. The van der Waals surface area contributed by atoms with Gasteiger partial charge in [-0.25, -0.2) is 8.42 Å². The lowest BCUT2D eigenvalue weighted by atomic mass is 10.0. The van der Waals surface area contributed by atoms with E-state index in [0.717, 1.165) is 18.9 Å². The van der Waals surface area contributed by atoms with Crippen molar-refractivity contribution in [3.8, 4) is 17.6 Å². The summed E-state index contributed by atoms with van der Waals surface area (Å²) in [7, 11) is -3.83. The fraction of sp³-hybridized carbons (Fsp3) is 0.316. The number of rotatable bonds is 5. The molecule has 1 saturated heterocycles. The van der Waals surface area contributed by atoms with Gasteiger partial charge >= 0.3 is 5.69 Å². The topological polar surface area (TPSA) is 114 Å². The molecule has 1 fully saturated rings. The highest BCUT2D eigenvalue weighted by atomic mass is 32.2. The third-order valence-electron chi connectivity index (χ3n) is 4.61. The van der Waals surface area contributed by atoms with Crippen molar-refractivity contribution in [2.45, 2.75) is 24.7 Å². The molecule has 28 heavy (non-hydrogen) atoms. The van der Waals surface area contributed by atoms with Crippen LogP contribution in [0.5, 0.6) is 11.5 Å². The molecule has 2 aromatic rings. The van der Waals surface area contributed by atoms with E-state index in [-0.39, 0.29) is 27.9 Å². The molecule has 0 aromatic heterocycles. The molecule has 9 heteroatoms. The molecular weight excluding hydrogens is 382 g/mol. The van der Waals surface area contributed by atoms with Crippen LogP contribution in [-0.2, 0) is 10.0 Å². The minimum Gasteiger partial charge on any atom is -0.449 e. The van der Waals surface area contributed by atoms with Crippen LogP contribution in [0.4, 0.5) is 5.69 Å². The van der Waals surface area contributed by atoms with Crippen LogP contribution >= 0.6 is 0 Å². The normalized spacial score (nSPS) is 17.6. The molecule has 0 radical (unpaired) electrons. The van der Waals surface area contributed by atoms with Crippen molar-refractivity contribution in [1.82, 2.24) is 4.31 Å². The molecule has 146 valence electrons. The first-order chi connectivity index (χ1) is 13.3. The Balaban J connectivity index is 1.98. The number of nitrogens with zero attached hydrogens (tertiary/aromatic N) is 3. The van der Waals surface area contributed by atoms with Crippen LogP contribution in [0.15, 0.2) is 47.4 Å². The number of nitro groups is 1. The lowest BCUT2D eigenvalue weighted by molar-refractivity contribution is -0.385. The minimum atomic E-state index is -3.83. The average molecular weight is 401 g/mol. The molecule has 0 amide bonds. The SMILES string of the molecule is C[C@@H]1CCCN(S(=O)(=O)c2ccc(Oc3ccccc3C#N)c([N+](=O)[O-])c2)C1. The summed E-state index contributed by atoms with van der Waals surface area (Å²) < 4.78 is 32.7. The number of sulfonamides is 1. The third-order valence-corrected chi connectivity index (χ3v) is 6.47. The zero-order valence-corrected chi connectivity index (χ0v) is 16.1. The van der Waals surface area contributed by atoms with E-state index in [0.29, 0.717) is 13.1 Å². The highest BCUT2D eigenvalue weighted by molar-refractivity contribution is 7.89. The van der Waals surface area contributed by atoms with Crippen molar-refractivity contribution in [3.05, 3.63) is 58.1 Å². The average Bonchev–Trinajstić information content (AvgIpc) is 2.68. The smallest absolute Gasteiger partial charge is 0.312 e. The van der Waals surface area contributed by atoms with Gasteiger partial charge < -0.3 is 4.74 Å². The molecule has 1 atom stereocenters. The Labute approximate surface area is 163 Å². The molecule has 0 N–H and O–H groups in total. The van der Waals surface area contributed by atoms with Crippen LogP contribution in [0.1, 0.15) is 25.3 Å². The van der Waals surface area contributed by atoms with Crippen molar-refractivity contribution in [2.75, 3.05) is 13.1 Å². The number of para-hydroxylation sites is 1. The second-order valence-electron chi connectivity index (χ2n) is 6.71. The lowest BCUT2D eigenvalue weighted by Gasteiger charge is -2.30. The van der Waals surface area contributed by atoms with E-state index < -0.39 is 20.6 Å². The van der Waals surface area contributed by atoms with E-state index in [2.05, 4.69) is 0 Å². The van der Waals surface area contributed by atoms with Gasteiger partial charge in [-0.1, -0.05) is 19.1 Å². The zero-order valence-electron chi connectivity index (χ0n) is 15.2. The van der Waals surface area contributed by atoms with Crippen LogP contribution < -0.4 is 4.74 Å². The molecule has 0 spiro atoms. The second kappa shape index (κ2) is 7.96. The number of piperidine rings is 1. The fourth-order valence-corrected chi connectivity index (χ4v) is 4.79. The Morgan fingerprint density at radius 2 is 2.00 bits per heavy atom. The predicted octanol–water partition coefficient (Wildman–Crippen LogP) is 3.68. The van der Waals surface area contributed by atoms with E-state index >= 15 is 0 Å². The molecular formula is C19H19N3O5S. The van der Waals surface area contributed by atoms with Crippen LogP contribution in [0.3, 0.4) is 0 Å². The van der Waals surface area contributed by atoms with E-state index in [9.17, 15) is 18.5 Å². The third kappa shape index (κ3) is 3.98. The summed E-state index contributed by atoms with van der Waals surface area (Å²) >= 11 is 0. The monoisotopic (exact) mass is 401 g/mol. The standard InChI is InChI=1S/C19H19N3O5S/c1-14-5-4-10-21(13-14)28(25,26)16-8-9-19(17(11-16)22(23)24)27-18-7-3-2-6-15(18)12-20/h2-3,6-9,11,14H,4-5,10,13H2,1H3/t14-/m1/s1. The summed E-state index contributed by atoms with van der Waals surface area (Å²) in [5, 5.41) is 20.7. The first-order valence-electron chi connectivity index (χ1n) is 8.78. The molecule has 1 heterocycles. The Bertz CT molecular complexity index is 1050. The van der Waals surface area contributed by atoms with Gasteiger partial charge in [-0.2, -0.15) is 9.57 Å². The van der Waals surface area contributed by atoms with E-state index in [1.807, 2.05) is 13.0 Å². The molecule has 1 aliphatic heterocycles. The van der Waals surface area contributed by atoms with Gasteiger partial charge in [0.25, 0.3) is 0 Å². The van der Waals surface area contributed by atoms with Crippen molar-refractivity contribution >= 4 is 15.7 Å². The Kier molecular flexibility index (Phi) is 5.63. The largest absolute Gasteiger partial charge is 0.449 e. The molecule has 1 aliphatic rings. The van der Waals surface area contributed by atoms with Crippen molar-refractivity contribution < 1.29 is 18.1 Å². The van der Waals surface area contributed by atoms with Crippen LogP contribution in [0.25, 0.3) is 0 Å². The maximum Gasteiger partial charge on any atom is 0.312 e. The Hall–Kier alpha value is -2.96. The Morgan fingerprint density at radius 3 is 2.68 bits per heavy atom. The summed E-state index contributed by atoms with van der Waals surface area (Å²) in [5.41, 5.74) is -0.255. The summed E-state index contributed by atoms with van der Waals surface area (Å²) in [4.78, 5) is 10.7. The van der Waals surface area contributed by atoms with Gasteiger partial charge in [-0.15, -0.1) is 0 Å². The second-order valence-corrected chi connectivity index (χ2v) is 8.65. The van der Waals surface area contributed by atoms with Gasteiger partial charge in [0.2, 0.25) is 15.8 Å². The number of nitriles is 1. The quantitative estimate of drug-likeness (QED) is 0.558. The van der Waals surface area contributed by atoms with Gasteiger partial charge in [0.05, 0.1) is 15.4 Å². The number of nitro benzene ring substituents is 1. The predicted molar refractivity (Wildman–Crippen MR) is 101 cm³/mol. The highest BCUT2D eigenvalue weighted by Crippen LogP contribution is 2.35. The number of hydrogen-bond acceptors (Lipinski definition) is 6. The molecule has 0 saturated carbocycles. The summed E-state index contributed by atoms with van der Waals surface area (Å²) in [6.45, 7) is 2.77. The van der Waals surface area contributed by atoms with Crippen LogP contribution in [0.2, 0.25) is 0 Å². The van der Waals surface area contributed by atoms with Gasteiger partial charge in [0, 0.05) is 19.2 Å². The van der Waals surface area contributed by atoms with Crippen molar-refractivity contribution in [2.24, 2.45) is 5.92 Å². The van der Waals surface area contributed by atoms with E-state index in [4.69, 9.17) is 10.00 Å². The van der Waals surface area contributed by atoms with Crippen LogP contribution in [0, 0.1) is 27.4 Å². The van der Waals surface area contributed by atoms with Gasteiger partial charge in [0.1, 0.15) is 11.8 Å². The van der Waals surface area contributed by atoms with Gasteiger partial charge in [-0.3, -0.25) is 10.1 Å². The van der Waals surface area contributed by atoms with Crippen molar-refractivity contribution in [3.63, 3.8) is 0 Å². The molecule has 0 aliphatic carbocycles. The maximum atomic E-state index is 12.9. The van der Waals surface area contributed by atoms with Crippen LogP contribution in [-0.4, -0.2) is 30.7 Å². The van der Waals surface area contributed by atoms with E-state index in [1.165, 1.54) is 28.6 Å². The lowest BCUT2D eigenvalue weighted by Crippen LogP contribution is -2.39. The summed E-state index contributed by atoms with van der Waals surface area (Å²) in [6, 6.07) is 11.8. The fourth-order valence-electron chi connectivity index (χ4n) is 3.17. The first-order valence-corrected chi connectivity index (χ1v) is 10.2. The van der Waals surface area contributed by atoms with Crippen molar-refractivity contribution in [1.29, 1.82) is 5.26 Å². The number of benzene rings is 2. The summed E-state index contributed by atoms with van der Waals surface area (Å²) in [5.74, 6) is 0.274. The summed E-state index contributed by atoms with van der Waals surface area (Å²) in [6.07, 6.45) is 1.71. The maximum absolute atomic E-state index is 12.9. The highest BCUT2D eigenvalue weighted by Gasteiger charge is 2.31. The number of hydrogen-bond donors (Lipinski definition) is 0. The minimum absolute atomic E-state index is 0.126. The van der Waals surface area contributed by atoms with Gasteiger partial charge in [-0.05, 0) is 43.0 Å². The number of ether oxygens (including phenoxy) is 1. The Morgan fingerprint density at radius 1 is 1.25 bits per heavy atom. The molecule has 0 bridgehead atoms.